The van der Waals surface area contributed by atoms with Crippen molar-refractivity contribution in [3.05, 3.63) is 31.5 Å². The van der Waals surface area contributed by atoms with Crippen LogP contribution < -0.4 is 17.1 Å². The molecule has 3 N–H and O–H groups in total. The van der Waals surface area contributed by atoms with Crippen LogP contribution in [0.4, 0.5) is 0 Å². The second kappa shape index (κ2) is 3.35. The molecule has 0 bridgehead atoms. The summed E-state index contributed by atoms with van der Waals surface area (Å²) in [5, 5.41) is 0. The Balaban J connectivity index is 0.000000810. The standard InChI is InChI=1S/C3H3N3O3.Ag/c7-1-4-2(8)6-3(9)5-1;/h(H3,4,5,6,7,8,9);. The van der Waals surface area contributed by atoms with Crippen LogP contribution in [0.2, 0.25) is 0 Å². The van der Waals surface area contributed by atoms with Crippen LogP contribution in [0.3, 0.4) is 0 Å². The molecule has 0 amide bonds. The van der Waals surface area contributed by atoms with Crippen molar-refractivity contribution in [1.29, 1.82) is 0 Å². The molecule has 0 fully saturated rings. The van der Waals surface area contributed by atoms with Crippen molar-refractivity contribution in [3.63, 3.8) is 0 Å². The smallest absolute Gasteiger partial charge is 0.259 e. The van der Waals surface area contributed by atoms with E-state index in [0.29, 0.717) is 0 Å². The number of aromatic nitrogens is 3. The van der Waals surface area contributed by atoms with Crippen LogP contribution in [0.25, 0.3) is 0 Å². The van der Waals surface area contributed by atoms with Crippen molar-refractivity contribution >= 4 is 0 Å². The molecule has 1 aromatic heterocycles. The minimum Gasteiger partial charge on any atom is -0.259 e. The average molecular weight is 237 g/mol. The van der Waals surface area contributed by atoms with Gasteiger partial charge in [-0.25, -0.2) is 14.4 Å². The molecule has 0 spiro atoms. The van der Waals surface area contributed by atoms with Gasteiger partial charge in [0.25, 0.3) is 0 Å². The maximum Gasteiger partial charge on any atom is 0.330 e. The molecule has 1 rings (SSSR count). The number of hydrogen-bond acceptors (Lipinski definition) is 3. The molecular weight excluding hydrogens is 234 g/mol. The van der Waals surface area contributed by atoms with Gasteiger partial charge in [-0.1, -0.05) is 0 Å². The molecule has 0 unspecified atom stereocenters. The van der Waals surface area contributed by atoms with Gasteiger partial charge in [0.15, 0.2) is 0 Å². The van der Waals surface area contributed by atoms with E-state index in [9.17, 15) is 14.4 Å². The molecule has 1 radical (unpaired) electrons. The molecule has 7 heteroatoms. The first kappa shape index (κ1) is 9.15. The summed E-state index contributed by atoms with van der Waals surface area (Å²) in [4.78, 5) is 35.9. The minimum atomic E-state index is -0.802. The first-order valence-corrected chi connectivity index (χ1v) is 2.11. The molecule has 10 heavy (non-hydrogen) atoms. The molecule has 0 saturated carbocycles. The third-order valence-electron chi connectivity index (χ3n) is 0.681. The number of H-pyrrole nitrogens is 3. The summed E-state index contributed by atoms with van der Waals surface area (Å²) in [5.41, 5.74) is -2.41. The Hall–Kier alpha value is -0.850. The third-order valence-corrected chi connectivity index (χ3v) is 0.681. The Bertz CT molecular complexity index is 281. The van der Waals surface area contributed by atoms with E-state index in [4.69, 9.17) is 0 Å². The quantitative estimate of drug-likeness (QED) is 0.444. The Morgan fingerprint density at radius 2 is 0.900 bits per heavy atom. The summed E-state index contributed by atoms with van der Waals surface area (Å²) >= 11 is 0. The van der Waals surface area contributed by atoms with Gasteiger partial charge in [-0.3, -0.25) is 15.0 Å². The summed E-state index contributed by atoms with van der Waals surface area (Å²) in [7, 11) is 0. The van der Waals surface area contributed by atoms with Gasteiger partial charge in [0.05, 0.1) is 0 Å². The summed E-state index contributed by atoms with van der Waals surface area (Å²) in [6.45, 7) is 0. The van der Waals surface area contributed by atoms with Gasteiger partial charge < -0.3 is 0 Å². The van der Waals surface area contributed by atoms with E-state index in [-0.39, 0.29) is 22.4 Å². The summed E-state index contributed by atoms with van der Waals surface area (Å²) in [6.07, 6.45) is 0. The minimum absolute atomic E-state index is 0. The van der Waals surface area contributed by atoms with E-state index in [0.717, 1.165) is 0 Å². The molecule has 1 heterocycles. The Kier molecular flexibility index (Phi) is 3.07. The topological polar surface area (TPSA) is 98.6 Å². The van der Waals surface area contributed by atoms with Gasteiger partial charge in [0.1, 0.15) is 0 Å². The van der Waals surface area contributed by atoms with Gasteiger partial charge in [0.2, 0.25) is 0 Å². The number of rotatable bonds is 0. The van der Waals surface area contributed by atoms with E-state index >= 15 is 0 Å². The zero-order chi connectivity index (χ0) is 6.85. The van der Waals surface area contributed by atoms with Crippen LogP contribution in [-0.4, -0.2) is 15.0 Å². The number of aromatic amines is 3. The predicted octanol–water partition coefficient (Wildman–Crippen LogP) is -2.25. The molecule has 0 saturated heterocycles. The molecule has 1 aromatic rings. The van der Waals surface area contributed by atoms with Crippen LogP contribution in [0.1, 0.15) is 0 Å². The van der Waals surface area contributed by atoms with Crippen molar-refractivity contribution in [1.82, 2.24) is 15.0 Å². The Morgan fingerprint density at radius 1 is 0.700 bits per heavy atom. The largest absolute Gasteiger partial charge is 0.330 e. The van der Waals surface area contributed by atoms with E-state index in [1.165, 1.54) is 0 Å². The van der Waals surface area contributed by atoms with E-state index in [2.05, 4.69) is 0 Å². The van der Waals surface area contributed by atoms with Crippen molar-refractivity contribution in [3.8, 4) is 0 Å². The van der Waals surface area contributed by atoms with Crippen molar-refractivity contribution in [2.75, 3.05) is 0 Å². The maximum absolute atomic E-state index is 10.2. The maximum atomic E-state index is 10.2. The predicted molar refractivity (Wildman–Crippen MR) is 28.3 cm³/mol. The second-order valence-corrected chi connectivity index (χ2v) is 1.36. The van der Waals surface area contributed by atoms with Gasteiger partial charge in [-0.05, 0) is 0 Å². The Morgan fingerprint density at radius 3 is 1.10 bits per heavy atom. The Labute approximate surface area is 69.2 Å². The molecule has 0 aliphatic rings. The molecule has 6 nitrogen and oxygen atoms in total. The zero-order valence-corrected chi connectivity index (χ0v) is 6.01. The first-order chi connectivity index (χ1) is 4.18. The van der Waals surface area contributed by atoms with E-state index < -0.39 is 17.1 Å². The summed E-state index contributed by atoms with van der Waals surface area (Å²) in [6, 6.07) is 0. The van der Waals surface area contributed by atoms with Crippen molar-refractivity contribution in [2.45, 2.75) is 0 Å². The van der Waals surface area contributed by atoms with Crippen LogP contribution in [-0.2, 0) is 22.4 Å². The van der Waals surface area contributed by atoms with Gasteiger partial charge in [0, 0.05) is 22.4 Å². The van der Waals surface area contributed by atoms with Gasteiger partial charge in [-0.15, -0.1) is 0 Å². The summed E-state index contributed by atoms with van der Waals surface area (Å²) < 4.78 is 0. The fraction of sp³-hybridized carbons (Fsp3) is 0. The normalized spacial score (nSPS) is 8.40. The molecule has 0 aliphatic heterocycles. The third kappa shape index (κ3) is 2.18. The summed E-state index contributed by atoms with van der Waals surface area (Å²) in [5.74, 6) is 0. The second-order valence-electron chi connectivity index (χ2n) is 1.36. The van der Waals surface area contributed by atoms with Crippen LogP contribution >= 0.6 is 0 Å². The molecule has 0 aromatic carbocycles. The van der Waals surface area contributed by atoms with Crippen LogP contribution in [0, 0.1) is 0 Å². The number of hydrogen-bond donors (Lipinski definition) is 3. The van der Waals surface area contributed by atoms with Crippen molar-refractivity contribution < 1.29 is 22.4 Å². The molecular formula is C3H3AgN3O3. The first-order valence-electron chi connectivity index (χ1n) is 2.11. The van der Waals surface area contributed by atoms with Crippen LogP contribution in [0.5, 0.6) is 0 Å². The van der Waals surface area contributed by atoms with E-state index in [1.807, 2.05) is 0 Å². The number of nitrogens with one attached hydrogen (secondary N) is 3. The van der Waals surface area contributed by atoms with Gasteiger partial charge in [-0.2, -0.15) is 0 Å². The fourth-order valence-corrected chi connectivity index (χ4v) is 0.403. The monoisotopic (exact) mass is 236 g/mol. The molecule has 59 valence electrons. The molecule has 0 atom stereocenters. The fourth-order valence-electron chi connectivity index (χ4n) is 0.403. The zero-order valence-electron chi connectivity index (χ0n) is 4.53. The van der Waals surface area contributed by atoms with Gasteiger partial charge >= 0.3 is 17.1 Å². The SMILES string of the molecule is O=c1[nH]c(=O)[nH]c(=O)[nH]1.[Ag]. The van der Waals surface area contributed by atoms with Crippen molar-refractivity contribution in [2.24, 2.45) is 0 Å². The van der Waals surface area contributed by atoms with E-state index in [1.54, 1.807) is 15.0 Å². The molecule has 0 aliphatic carbocycles. The average Bonchev–Trinajstić information content (AvgIpc) is 1.59. The van der Waals surface area contributed by atoms with Crippen LogP contribution in [0.15, 0.2) is 14.4 Å².